The SMILES string of the molecule is CCOc1ccc(-c2nc(-c3ncccc3-c3ccccc3)no2)c(O)c1. The van der Waals surface area contributed by atoms with Crippen LogP contribution in [0.25, 0.3) is 34.1 Å². The number of nitrogens with zero attached hydrogens (tertiary/aromatic N) is 3. The first-order valence-electron chi connectivity index (χ1n) is 8.57. The first-order chi connectivity index (χ1) is 13.3. The van der Waals surface area contributed by atoms with E-state index in [4.69, 9.17) is 9.26 Å². The van der Waals surface area contributed by atoms with Crippen LogP contribution >= 0.6 is 0 Å². The predicted octanol–water partition coefficient (Wildman–Crippen LogP) is 4.57. The van der Waals surface area contributed by atoms with Gasteiger partial charge < -0.3 is 14.4 Å². The zero-order chi connectivity index (χ0) is 18.6. The lowest BCUT2D eigenvalue weighted by Gasteiger charge is -2.05. The van der Waals surface area contributed by atoms with Gasteiger partial charge in [0.05, 0.1) is 12.2 Å². The number of aromatic nitrogens is 3. The molecule has 0 aliphatic heterocycles. The summed E-state index contributed by atoms with van der Waals surface area (Å²) in [6, 6.07) is 18.7. The van der Waals surface area contributed by atoms with E-state index in [2.05, 4.69) is 15.1 Å². The van der Waals surface area contributed by atoms with Crippen LogP contribution in [-0.2, 0) is 0 Å². The van der Waals surface area contributed by atoms with Crippen LogP contribution in [0.5, 0.6) is 11.5 Å². The molecule has 0 atom stereocenters. The van der Waals surface area contributed by atoms with Gasteiger partial charge in [0.15, 0.2) is 0 Å². The molecule has 2 heterocycles. The third-order valence-electron chi connectivity index (χ3n) is 4.04. The summed E-state index contributed by atoms with van der Waals surface area (Å²) in [7, 11) is 0. The largest absolute Gasteiger partial charge is 0.507 e. The summed E-state index contributed by atoms with van der Waals surface area (Å²) >= 11 is 0. The number of hydrogen-bond donors (Lipinski definition) is 1. The predicted molar refractivity (Wildman–Crippen MR) is 101 cm³/mol. The second kappa shape index (κ2) is 7.29. The lowest BCUT2D eigenvalue weighted by Crippen LogP contribution is -1.92. The van der Waals surface area contributed by atoms with Crippen LogP contribution in [0, 0.1) is 0 Å². The van der Waals surface area contributed by atoms with E-state index in [1.165, 1.54) is 6.07 Å². The van der Waals surface area contributed by atoms with E-state index in [9.17, 15) is 5.11 Å². The number of ether oxygens (including phenoxy) is 1. The normalized spacial score (nSPS) is 10.7. The molecule has 0 spiro atoms. The molecule has 0 aliphatic rings. The Morgan fingerprint density at radius 2 is 1.85 bits per heavy atom. The molecule has 134 valence electrons. The van der Waals surface area contributed by atoms with E-state index < -0.39 is 0 Å². The van der Waals surface area contributed by atoms with Crippen molar-refractivity contribution in [2.45, 2.75) is 6.92 Å². The number of aromatic hydroxyl groups is 1. The highest BCUT2D eigenvalue weighted by atomic mass is 16.5. The average Bonchev–Trinajstić information content (AvgIpc) is 3.19. The minimum atomic E-state index is 0.0143. The van der Waals surface area contributed by atoms with Gasteiger partial charge in [-0.25, -0.2) is 0 Å². The van der Waals surface area contributed by atoms with Crippen LogP contribution in [0.2, 0.25) is 0 Å². The van der Waals surface area contributed by atoms with Gasteiger partial charge in [-0.05, 0) is 30.7 Å². The molecule has 27 heavy (non-hydrogen) atoms. The molecule has 0 amide bonds. The number of pyridine rings is 1. The minimum absolute atomic E-state index is 0.0143. The number of rotatable bonds is 5. The van der Waals surface area contributed by atoms with Crippen molar-refractivity contribution in [3.8, 4) is 45.6 Å². The molecule has 0 saturated carbocycles. The Bertz CT molecular complexity index is 1060. The van der Waals surface area contributed by atoms with Gasteiger partial charge in [0.2, 0.25) is 5.82 Å². The van der Waals surface area contributed by atoms with Crippen molar-refractivity contribution in [2.24, 2.45) is 0 Å². The standard InChI is InChI=1S/C21H17N3O3/c1-2-26-15-10-11-17(18(25)13-15)21-23-20(24-27-21)19-16(9-6-12-22-19)14-7-4-3-5-8-14/h3-13,25H,2H2,1H3. The van der Waals surface area contributed by atoms with Gasteiger partial charge in [-0.2, -0.15) is 4.98 Å². The highest BCUT2D eigenvalue weighted by Crippen LogP contribution is 2.34. The van der Waals surface area contributed by atoms with Gasteiger partial charge in [-0.15, -0.1) is 0 Å². The maximum absolute atomic E-state index is 10.3. The van der Waals surface area contributed by atoms with Crippen molar-refractivity contribution < 1.29 is 14.4 Å². The van der Waals surface area contributed by atoms with Crippen LogP contribution in [0.15, 0.2) is 71.4 Å². The third-order valence-corrected chi connectivity index (χ3v) is 4.04. The Labute approximate surface area is 156 Å². The summed E-state index contributed by atoms with van der Waals surface area (Å²) < 4.78 is 10.8. The molecular formula is C21H17N3O3. The van der Waals surface area contributed by atoms with E-state index >= 15 is 0 Å². The Hall–Kier alpha value is -3.67. The van der Waals surface area contributed by atoms with Crippen molar-refractivity contribution in [1.29, 1.82) is 0 Å². The van der Waals surface area contributed by atoms with Crippen LogP contribution in [0.3, 0.4) is 0 Å². The van der Waals surface area contributed by atoms with Crippen molar-refractivity contribution in [3.63, 3.8) is 0 Å². The molecule has 2 aromatic carbocycles. The zero-order valence-corrected chi connectivity index (χ0v) is 14.7. The molecule has 0 radical (unpaired) electrons. The van der Waals surface area contributed by atoms with Gasteiger partial charge in [0, 0.05) is 17.8 Å². The summed E-state index contributed by atoms with van der Waals surface area (Å²) in [6.45, 7) is 2.40. The molecule has 6 heteroatoms. The second-order valence-electron chi connectivity index (χ2n) is 5.80. The molecule has 2 aromatic heterocycles. The van der Waals surface area contributed by atoms with E-state index in [0.717, 1.165) is 11.1 Å². The van der Waals surface area contributed by atoms with Gasteiger partial charge in [-0.1, -0.05) is 41.6 Å². The second-order valence-corrected chi connectivity index (χ2v) is 5.80. The van der Waals surface area contributed by atoms with Gasteiger partial charge in [0.25, 0.3) is 5.89 Å². The molecule has 0 fully saturated rings. The summed E-state index contributed by atoms with van der Waals surface area (Å²) in [6.07, 6.45) is 1.69. The number of phenolic OH excluding ortho intramolecular Hbond substituents is 1. The maximum atomic E-state index is 10.3. The van der Waals surface area contributed by atoms with Crippen molar-refractivity contribution >= 4 is 0 Å². The highest BCUT2D eigenvalue weighted by Gasteiger charge is 2.18. The molecule has 4 rings (SSSR count). The van der Waals surface area contributed by atoms with E-state index in [1.807, 2.05) is 49.4 Å². The molecule has 0 bridgehead atoms. The van der Waals surface area contributed by atoms with Crippen molar-refractivity contribution in [3.05, 3.63) is 66.9 Å². The quantitative estimate of drug-likeness (QED) is 0.562. The summed E-state index contributed by atoms with van der Waals surface area (Å²) in [5.74, 6) is 1.17. The first-order valence-corrected chi connectivity index (χ1v) is 8.57. The third kappa shape index (κ3) is 3.37. The Morgan fingerprint density at radius 1 is 1.00 bits per heavy atom. The summed E-state index contributed by atoms with van der Waals surface area (Å²) in [5, 5.41) is 14.3. The van der Waals surface area contributed by atoms with Gasteiger partial charge >= 0.3 is 0 Å². The fourth-order valence-electron chi connectivity index (χ4n) is 2.81. The lowest BCUT2D eigenvalue weighted by atomic mass is 10.0. The summed E-state index contributed by atoms with van der Waals surface area (Å²) in [4.78, 5) is 8.86. The Morgan fingerprint density at radius 3 is 2.63 bits per heavy atom. The number of hydrogen-bond acceptors (Lipinski definition) is 6. The molecule has 4 aromatic rings. The highest BCUT2D eigenvalue weighted by molar-refractivity contribution is 5.78. The molecule has 0 unspecified atom stereocenters. The van der Waals surface area contributed by atoms with Crippen LogP contribution in [0.1, 0.15) is 6.92 Å². The number of phenols is 1. The minimum Gasteiger partial charge on any atom is -0.507 e. The van der Waals surface area contributed by atoms with Gasteiger partial charge in [-0.3, -0.25) is 4.98 Å². The number of benzene rings is 2. The molecule has 0 aliphatic carbocycles. The lowest BCUT2D eigenvalue weighted by molar-refractivity contribution is 0.337. The molecule has 1 N–H and O–H groups in total. The molecule has 6 nitrogen and oxygen atoms in total. The topological polar surface area (TPSA) is 81.3 Å². The monoisotopic (exact) mass is 359 g/mol. The smallest absolute Gasteiger partial charge is 0.262 e. The maximum Gasteiger partial charge on any atom is 0.262 e. The van der Waals surface area contributed by atoms with E-state index in [0.29, 0.717) is 29.4 Å². The fraction of sp³-hybridized carbons (Fsp3) is 0.0952. The first kappa shape index (κ1) is 16.8. The Kier molecular flexibility index (Phi) is 4.53. The van der Waals surface area contributed by atoms with Crippen LogP contribution < -0.4 is 4.74 Å². The average molecular weight is 359 g/mol. The molecule has 0 saturated heterocycles. The Balaban J connectivity index is 1.72. The summed E-state index contributed by atoms with van der Waals surface area (Å²) in [5.41, 5.74) is 2.97. The van der Waals surface area contributed by atoms with Gasteiger partial charge in [0.1, 0.15) is 17.2 Å². The van der Waals surface area contributed by atoms with Crippen molar-refractivity contribution in [2.75, 3.05) is 6.61 Å². The van der Waals surface area contributed by atoms with E-state index in [1.54, 1.807) is 18.3 Å². The fourth-order valence-corrected chi connectivity index (χ4v) is 2.81. The zero-order valence-electron chi connectivity index (χ0n) is 14.7. The van der Waals surface area contributed by atoms with Crippen molar-refractivity contribution in [1.82, 2.24) is 15.1 Å². The van der Waals surface area contributed by atoms with Crippen LogP contribution in [0.4, 0.5) is 0 Å². The molecular weight excluding hydrogens is 342 g/mol. The van der Waals surface area contributed by atoms with Crippen LogP contribution in [-0.4, -0.2) is 26.8 Å². The van der Waals surface area contributed by atoms with E-state index in [-0.39, 0.29) is 11.6 Å².